The van der Waals surface area contributed by atoms with Crippen molar-refractivity contribution in [2.24, 2.45) is 0 Å². The van der Waals surface area contributed by atoms with E-state index in [1.54, 1.807) is 6.20 Å². The minimum absolute atomic E-state index is 0.309. The van der Waals surface area contributed by atoms with Gasteiger partial charge in [0.05, 0.1) is 11.6 Å². The lowest BCUT2D eigenvalue weighted by Gasteiger charge is -2.34. The van der Waals surface area contributed by atoms with Crippen molar-refractivity contribution in [1.82, 2.24) is 14.6 Å². The molecular weight excluding hydrogens is 277 g/mol. The van der Waals surface area contributed by atoms with Gasteiger partial charge in [0.25, 0.3) is 0 Å². The minimum atomic E-state index is -0.867. The lowest BCUT2D eigenvalue weighted by Crippen LogP contribution is -2.34. The first-order chi connectivity index (χ1) is 10.1. The van der Waals surface area contributed by atoms with E-state index in [2.05, 4.69) is 10.1 Å². The number of rotatable bonds is 1. The highest BCUT2D eigenvalue weighted by Crippen LogP contribution is 2.51. The van der Waals surface area contributed by atoms with Gasteiger partial charge in [0.1, 0.15) is 0 Å². The Morgan fingerprint density at radius 2 is 2.24 bits per heavy atom. The number of aliphatic carboxylic acids is 1. The van der Waals surface area contributed by atoms with Crippen molar-refractivity contribution in [3.8, 4) is 0 Å². The summed E-state index contributed by atoms with van der Waals surface area (Å²) < 4.78 is 20.4. The zero-order valence-electron chi connectivity index (χ0n) is 11.3. The Morgan fingerprint density at radius 1 is 1.48 bits per heavy atom. The molecule has 1 spiro atoms. The lowest BCUT2D eigenvalue weighted by atomic mass is 9.77. The molecule has 0 saturated carbocycles. The predicted molar refractivity (Wildman–Crippen MR) is 69.7 cm³/mol. The van der Waals surface area contributed by atoms with Gasteiger partial charge in [0, 0.05) is 36.5 Å². The van der Waals surface area contributed by atoms with Gasteiger partial charge in [0.2, 0.25) is 5.95 Å². The molecular formula is C14H14FN3O3. The van der Waals surface area contributed by atoms with E-state index in [4.69, 9.17) is 4.74 Å². The van der Waals surface area contributed by atoms with Crippen LogP contribution in [0.2, 0.25) is 0 Å². The minimum Gasteiger partial charge on any atom is -0.481 e. The molecule has 2 aromatic heterocycles. The van der Waals surface area contributed by atoms with Gasteiger partial charge in [-0.2, -0.15) is 4.39 Å². The first-order valence-electron chi connectivity index (χ1n) is 6.96. The Morgan fingerprint density at radius 3 is 2.95 bits per heavy atom. The second-order valence-corrected chi connectivity index (χ2v) is 5.79. The fraction of sp³-hybridized carbons (Fsp3) is 0.500. The van der Waals surface area contributed by atoms with Crippen molar-refractivity contribution >= 4 is 11.6 Å². The maximum absolute atomic E-state index is 13.5. The normalized spacial score (nSPS) is 23.6. The topological polar surface area (TPSA) is 76.7 Å². The van der Waals surface area contributed by atoms with Gasteiger partial charge < -0.3 is 9.84 Å². The number of carboxylic acid groups (broad SMARTS) is 1. The molecule has 0 radical (unpaired) electrons. The van der Waals surface area contributed by atoms with Crippen LogP contribution in [0, 0.1) is 5.95 Å². The molecule has 1 unspecified atom stereocenters. The summed E-state index contributed by atoms with van der Waals surface area (Å²) in [6.45, 7) is 1.17. The Hall–Kier alpha value is -2.02. The lowest BCUT2D eigenvalue weighted by molar-refractivity contribution is -0.139. The van der Waals surface area contributed by atoms with Gasteiger partial charge in [-0.15, -0.1) is 5.10 Å². The van der Waals surface area contributed by atoms with E-state index in [-0.39, 0.29) is 5.41 Å². The zero-order valence-corrected chi connectivity index (χ0v) is 11.3. The number of aromatic nitrogens is 3. The van der Waals surface area contributed by atoms with Crippen LogP contribution in [0.25, 0.3) is 5.65 Å². The number of carboxylic acids is 1. The van der Waals surface area contributed by atoms with Crippen LogP contribution in [0.4, 0.5) is 4.39 Å². The molecule has 1 aliphatic carbocycles. The van der Waals surface area contributed by atoms with E-state index in [1.165, 1.54) is 10.6 Å². The molecule has 0 amide bonds. The van der Waals surface area contributed by atoms with Crippen LogP contribution in [-0.4, -0.2) is 38.9 Å². The van der Waals surface area contributed by atoms with Crippen LogP contribution < -0.4 is 0 Å². The molecule has 2 aromatic rings. The van der Waals surface area contributed by atoms with Gasteiger partial charge >= 0.3 is 5.97 Å². The monoisotopic (exact) mass is 291 g/mol. The molecule has 3 heterocycles. The SMILES string of the molecule is O=C(O)C1CC2(CCOCC2)c2c1cnc1cc(F)nn21. The van der Waals surface area contributed by atoms with E-state index in [0.717, 1.165) is 18.5 Å². The summed E-state index contributed by atoms with van der Waals surface area (Å²) in [5, 5.41) is 13.4. The van der Waals surface area contributed by atoms with E-state index < -0.39 is 17.8 Å². The van der Waals surface area contributed by atoms with E-state index >= 15 is 0 Å². The molecule has 7 heteroatoms. The number of halogens is 1. The van der Waals surface area contributed by atoms with Crippen molar-refractivity contribution in [1.29, 1.82) is 0 Å². The largest absolute Gasteiger partial charge is 0.481 e. The summed E-state index contributed by atoms with van der Waals surface area (Å²) in [5.74, 6) is -2.08. The molecule has 21 heavy (non-hydrogen) atoms. The molecule has 1 N–H and O–H groups in total. The molecule has 1 fully saturated rings. The van der Waals surface area contributed by atoms with Gasteiger partial charge in [-0.3, -0.25) is 4.79 Å². The van der Waals surface area contributed by atoms with Crippen LogP contribution in [0.3, 0.4) is 0 Å². The zero-order chi connectivity index (χ0) is 14.6. The molecule has 1 aliphatic heterocycles. The molecule has 0 bridgehead atoms. The smallest absolute Gasteiger partial charge is 0.311 e. The summed E-state index contributed by atoms with van der Waals surface area (Å²) >= 11 is 0. The Labute approximate surface area is 119 Å². The van der Waals surface area contributed by atoms with Crippen molar-refractivity contribution in [3.05, 3.63) is 29.5 Å². The number of hydrogen-bond acceptors (Lipinski definition) is 4. The maximum Gasteiger partial charge on any atom is 0.311 e. The molecule has 6 nitrogen and oxygen atoms in total. The summed E-state index contributed by atoms with van der Waals surface area (Å²) in [7, 11) is 0. The summed E-state index contributed by atoms with van der Waals surface area (Å²) in [6, 6.07) is 1.27. The average Bonchev–Trinajstić information content (AvgIpc) is 2.98. The molecule has 1 saturated heterocycles. The Balaban J connectivity index is 1.99. The van der Waals surface area contributed by atoms with Crippen LogP contribution in [0.5, 0.6) is 0 Å². The highest BCUT2D eigenvalue weighted by Gasteiger charge is 2.49. The van der Waals surface area contributed by atoms with Gasteiger partial charge in [0.15, 0.2) is 5.65 Å². The number of carbonyl (C=O) groups is 1. The molecule has 2 aliphatic rings. The molecule has 110 valence electrons. The standard InChI is InChI=1S/C14H14FN3O3/c15-10-5-11-16-7-9-8(13(19)20)6-14(1-3-21-4-2-14)12(9)18(11)17-10/h5,7-8H,1-4,6H2,(H,19,20). The second kappa shape index (κ2) is 4.24. The fourth-order valence-corrected chi connectivity index (χ4v) is 3.73. The van der Waals surface area contributed by atoms with Gasteiger partial charge in [-0.1, -0.05) is 0 Å². The maximum atomic E-state index is 13.5. The number of hydrogen-bond donors (Lipinski definition) is 1. The molecule has 4 rings (SSSR count). The highest BCUT2D eigenvalue weighted by molar-refractivity contribution is 5.78. The number of fused-ring (bicyclic) bond motifs is 4. The Bertz CT molecular complexity index is 736. The Kier molecular flexibility index (Phi) is 2.56. The van der Waals surface area contributed by atoms with Crippen LogP contribution >= 0.6 is 0 Å². The van der Waals surface area contributed by atoms with E-state index in [0.29, 0.717) is 30.8 Å². The summed E-state index contributed by atoms with van der Waals surface area (Å²) in [4.78, 5) is 15.7. The molecule has 0 aromatic carbocycles. The first kappa shape index (κ1) is 12.7. The number of nitrogens with zero attached hydrogens (tertiary/aromatic N) is 3. The van der Waals surface area contributed by atoms with Gasteiger partial charge in [-0.25, -0.2) is 9.50 Å². The first-order valence-corrected chi connectivity index (χ1v) is 6.96. The predicted octanol–water partition coefficient (Wildman–Crippen LogP) is 1.49. The number of ether oxygens (including phenoxy) is 1. The summed E-state index contributed by atoms with van der Waals surface area (Å²) in [6.07, 6.45) is 3.52. The fourth-order valence-electron chi connectivity index (χ4n) is 3.73. The third-order valence-corrected chi connectivity index (χ3v) is 4.70. The quantitative estimate of drug-likeness (QED) is 0.861. The second-order valence-electron chi connectivity index (χ2n) is 5.79. The van der Waals surface area contributed by atoms with Crippen LogP contribution in [0.15, 0.2) is 12.3 Å². The third kappa shape index (κ3) is 1.70. The van der Waals surface area contributed by atoms with Gasteiger partial charge in [-0.05, 0) is 19.3 Å². The van der Waals surface area contributed by atoms with Crippen molar-refractivity contribution in [2.45, 2.75) is 30.6 Å². The summed E-state index contributed by atoms with van der Waals surface area (Å²) in [5.41, 5.74) is 1.56. The van der Waals surface area contributed by atoms with Crippen LogP contribution in [-0.2, 0) is 14.9 Å². The molecule has 1 atom stereocenters. The van der Waals surface area contributed by atoms with Crippen molar-refractivity contribution in [2.75, 3.05) is 13.2 Å². The van der Waals surface area contributed by atoms with E-state index in [1.807, 2.05) is 0 Å². The van der Waals surface area contributed by atoms with Crippen molar-refractivity contribution < 1.29 is 19.0 Å². The van der Waals surface area contributed by atoms with Crippen molar-refractivity contribution in [3.63, 3.8) is 0 Å². The average molecular weight is 291 g/mol. The highest BCUT2D eigenvalue weighted by atomic mass is 19.1. The van der Waals surface area contributed by atoms with Crippen LogP contribution in [0.1, 0.15) is 36.4 Å². The third-order valence-electron chi connectivity index (χ3n) is 4.70. The van der Waals surface area contributed by atoms with E-state index in [9.17, 15) is 14.3 Å².